The van der Waals surface area contributed by atoms with Crippen molar-refractivity contribution in [1.82, 2.24) is 5.01 Å². The molecular weight excluding hydrogens is 280 g/mol. The maximum Gasteiger partial charge on any atom is 0.0819 e. The second kappa shape index (κ2) is 11.0. The fraction of sp³-hybridized carbons (Fsp3) is 0.571. The Morgan fingerprint density at radius 2 is 1.78 bits per heavy atom. The van der Waals surface area contributed by atoms with Crippen molar-refractivity contribution in [3.8, 4) is 0 Å². The molecule has 0 spiro atoms. The zero-order valence-electron chi connectivity index (χ0n) is 16.3. The molecule has 0 aliphatic carbocycles. The predicted octanol–water partition coefficient (Wildman–Crippen LogP) is 6.81. The van der Waals surface area contributed by atoms with Gasteiger partial charge in [-0.1, -0.05) is 84.4 Å². The molecule has 0 radical (unpaired) electrons. The average molecular weight is 317 g/mol. The van der Waals surface area contributed by atoms with Crippen LogP contribution in [0.3, 0.4) is 0 Å². The molecular formula is C21H36N2. The molecule has 1 aromatic carbocycles. The van der Waals surface area contributed by atoms with Crippen LogP contribution < -0.4 is 0 Å². The first-order valence-electron chi connectivity index (χ1n) is 8.91. The molecule has 0 heterocycles. The maximum atomic E-state index is 4.37. The Hall–Kier alpha value is -1.57. The van der Waals surface area contributed by atoms with Crippen molar-refractivity contribution in [3.63, 3.8) is 0 Å². The zero-order chi connectivity index (χ0) is 17.9. The average Bonchev–Trinajstić information content (AvgIpc) is 2.55. The van der Waals surface area contributed by atoms with E-state index >= 15 is 0 Å². The maximum absolute atomic E-state index is 4.37. The summed E-state index contributed by atoms with van der Waals surface area (Å²) in [5.41, 5.74) is 2.62. The number of hydrogen-bond donors (Lipinski definition) is 0. The molecule has 0 aromatic heterocycles. The zero-order valence-corrected chi connectivity index (χ0v) is 16.3. The number of hydrogen-bond acceptors (Lipinski definition) is 2. The Kier molecular flexibility index (Phi) is 10.3. The van der Waals surface area contributed by atoms with E-state index in [0.29, 0.717) is 0 Å². The number of allylic oxidation sites excluding steroid dienone is 2. The van der Waals surface area contributed by atoms with Gasteiger partial charge in [-0.05, 0) is 30.7 Å². The summed E-state index contributed by atoms with van der Waals surface area (Å²) in [6.45, 7) is 18.9. The Balaban J connectivity index is 0.00000232. The monoisotopic (exact) mass is 316 g/mol. The molecule has 0 saturated carbocycles. The summed E-state index contributed by atoms with van der Waals surface area (Å²) in [5, 5.41) is 6.49. The lowest BCUT2D eigenvalue weighted by atomic mass is 9.81. The summed E-state index contributed by atoms with van der Waals surface area (Å²) >= 11 is 0. The minimum absolute atomic E-state index is 0.0724. The second-order valence-electron chi connectivity index (χ2n) is 6.55. The molecule has 0 fully saturated rings. The molecule has 0 aliphatic heterocycles. The van der Waals surface area contributed by atoms with Crippen LogP contribution >= 0.6 is 0 Å². The number of hydrazone groups is 1. The summed E-state index contributed by atoms with van der Waals surface area (Å²) in [6, 6.07) is 10.8. The number of nitrogens with zero attached hydrogens (tertiary/aromatic N) is 2. The van der Waals surface area contributed by atoms with E-state index in [-0.39, 0.29) is 11.5 Å². The molecule has 0 N–H and O–H groups in total. The summed E-state index contributed by atoms with van der Waals surface area (Å²) in [5.74, 6) is 0. The number of rotatable bonds is 7. The fourth-order valence-corrected chi connectivity index (χ4v) is 2.73. The lowest BCUT2D eigenvalue weighted by Gasteiger charge is -2.40. The van der Waals surface area contributed by atoms with Crippen molar-refractivity contribution < 1.29 is 0 Å². The molecule has 0 aliphatic rings. The fourth-order valence-electron chi connectivity index (χ4n) is 2.73. The third-order valence-corrected chi connectivity index (χ3v) is 3.75. The molecule has 0 amide bonds. The van der Waals surface area contributed by atoms with Gasteiger partial charge in [0.2, 0.25) is 0 Å². The van der Waals surface area contributed by atoms with Crippen molar-refractivity contribution in [1.29, 1.82) is 0 Å². The van der Waals surface area contributed by atoms with Crippen LogP contribution in [0.1, 0.15) is 79.3 Å². The van der Waals surface area contributed by atoms with Crippen LogP contribution in [0.25, 0.3) is 0 Å². The second-order valence-corrected chi connectivity index (χ2v) is 6.55. The first-order chi connectivity index (χ1) is 11.0. The van der Waals surface area contributed by atoms with Crippen LogP contribution in [0.4, 0.5) is 0 Å². The van der Waals surface area contributed by atoms with Gasteiger partial charge in [-0.15, -0.1) is 0 Å². The molecule has 1 aromatic rings. The largest absolute Gasteiger partial charge is 0.263 e. The van der Waals surface area contributed by atoms with E-state index in [9.17, 15) is 0 Å². The molecule has 1 rings (SSSR count). The molecule has 0 bridgehead atoms. The summed E-state index contributed by atoms with van der Waals surface area (Å²) in [4.78, 5) is 0. The van der Waals surface area contributed by atoms with E-state index in [2.05, 4.69) is 87.9 Å². The van der Waals surface area contributed by atoms with E-state index < -0.39 is 0 Å². The highest BCUT2D eigenvalue weighted by Crippen LogP contribution is 2.40. The molecule has 1 atom stereocenters. The lowest BCUT2D eigenvalue weighted by Crippen LogP contribution is -2.33. The first-order valence-corrected chi connectivity index (χ1v) is 8.91. The van der Waals surface area contributed by atoms with Crippen molar-refractivity contribution in [3.05, 3.63) is 47.7 Å². The van der Waals surface area contributed by atoms with Crippen LogP contribution in [-0.2, 0) is 0 Å². The van der Waals surface area contributed by atoms with Gasteiger partial charge in [0, 0.05) is 12.4 Å². The van der Waals surface area contributed by atoms with Gasteiger partial charge in [-0.2, -0.15) is 5.10 Å². The predicted molar refractivity (Wildman–Crippen MR) is 105 cm³/mol. The van der Waals surface area contributed by atoms with Crippen molar-refractivity contribution in [2.75, 3.05) is 0 Å². The highest BCUT2D eigenvalue weighted by molar-refractivity contribution is 5.27. The van der Waals surface area contributed by atoms with Crippen molar-refractivity contribution in [2.45, 2.75) is 73.8 Å². The molecule has 1 unspecified atom stereocenters. The van der Waals surface area contributed by atoms with Gasteiger partial charge in [0.05, 0.1) is 6.04 Å². The smallest absolute Gasteiger partial charge is 0.0819 e. The van der Waals surface area contributed by atoms with Gasteiger partial charge < -0.3 is 0 Å². The van der Waals surface area contributed by atoms with Gasteiger partial charge in [0.15, 0.2) is 0 Å². The third kappa shape index (κ3) is 6.60. The van der Waals surface area contributed by atoms with E-state index in [4.69, 9.17) is 0 Å². The normalized spacial score (nSPS) is 12.9. The van der Waals surface area contributed by atoms with E-state index in [1.807, 2.05) is 13.8 Å². The topological polar surface area (TPSA) is 15.6 Å². The highest BCUT2D eigenvalue weighted by Gasteiger charge is 2.32. The van der Waals surface area contributed by atoms with Gasteiger partial charge in [0.25, 0.3) is 0 Å². The SMILES string of the molecule is C=NN(/C(=C\C)CCCC)C(c1ccccc1)C(C)(C)C.CC. The molecule has 0 saturated heterocycles. The van der Waals surface area contributed by atoms with Crippen LogP contribution in [0.2, 0.25) is 0 Å². The van der Waals surface area contributed by atoms with Crippen LogP contribution in [0.5, 0.6) is 0 Å². The Labute approximate surface area is 144 Å². The van der Waals surface area contributed by atoms with Gasteiger partial charge in [-0.25, -0.2) is 0 Å². The number of benzene rings is 1. The van der Waals surface area contributed by atoms with Crippen LogP contribution in [0, 0.1) is 5.41 Å². The van der Waals surface area contributed by atoms with Crippen molar-refractivity contribution in [2.24, 2.45) is 10.5 Å². The first kappa shape index (κ1) is 21.4. The van der Waals surface area contributed by atoms with E-state index in [0.717, 1.165) is 6.42 Å². The standard InChI is InChI=1S/C19H30N2.C2H6/c1-7-9-15-17(8-2)21(20-6)18(19(3,4)5)16-13-11-10-12-14-16;1-2/h8,10-14,18H,6-7,9,15H2,1-5H3;1-2H3/b17-8-;. The highest BCUT2D eigenvalue weighted by atomic mass is 15.5. The van der Waals surface area contributed by atoms with Gasteiger partial charge in [-0.3, -0.25) is 5.01 Å². The number of unbranched alkanes of at least 4 members (excludes halogenated alkanes) is 1. The molecule has 130 valence electrons. The Morgan fingerprint density at radius 1 is 1.22 bits per heavy atom. The molecule has 23 heavy (non-hydrogen) atoms. The Bertz CT molecular complexity index is 454. The Morgan fingerprint density at radius 3 is 2.17 bits per heavy atom. The van der Waals surface area contributed by atoms with Crippen LogP contribution in [-0.4, -0.2) is 11.7 Å². The quantitative estimate of drug-likeness (QED) is 0.398. The summed E-state index contributed by atoms with van der Waals surface area (Å²) in [6.07, 6.45) is 5.59. The minimum Gasteiger partial charge on any atom is -0.263 e. The van der Waals surface area contributed by atoms with Crippen LogP contribution in [0.15, 0.2) is 47.2 Å². The lowest BCUT2D eigenvalue weighted by molar-refractivity contribution is 0.134. The van der Waals surface area contributed by atoms with Gasteiger partial charge in [0.1, 0.15) is 0 Å². The molecule has 2 nitrogen and oxygen atoms in total. The minimum atomic E-state index is 0.0724. The summed E-state index contributed by atoms with van der Waals surface area (Å²) in [7, 11) is 0. The van der Waals surface area contributed by atoms with E-state index in [1.54, 1.807) is 0 Å². The molecule has 2 heteroatoms. The van der Waals surface area contributed by atoms with Crippen molar-refractivity contribution >= 4 is 6.72 Å². The van der Waals surface area contributed by atoms with Gasteiger partial charge >= 0.3 is 0 Å². The van der Waals surface area contributed by atoms with E-state index in [1.165, 1.54) is 24.1 Å². The summed E-state index contributed by atoms with van der Waals surface area (Å²) < 4.78 is 0. The third-order valence-electron chi connectivity index (χ3n) is 3.75.